The molecule has 0 fully saturated rings. The molecule has 1 aromatic carbocycles. The quantitative estimate of drug-likeness (QED) is 0.522. The van der Waals surface area contributed by atoms with E-state index in [0.29, 0.717) is 31.2 Å². The summed E-state index contributed by atoms with van der Waals surface area (Å²) in [6.45, 7) is 1.08. The molecule has 4 aromatic rings. The van der Waals surface area contributed by atoms with Crippen LogP contribution in [0.4, 0.5) is 5.82 Å². The summed E-state index contributed by atoms with van der Waals surface area (Å²) >= 11 is 0. The van der Waals surface area contributed by atoms with Gasteiger partial charge in [0.05, 0.1) is 12.3 Å². The summed E-state index contributed by atoms with van der Waals surface area (Å²) in [5.74, 6) is 2.86. The first-order valence-corrected chi connectivity index (χ1v) is 8.22. The Balaban J connectivity index is 1.44. The molecular weight excluding hydrogens is 332 g/mol. The number of aromatic amines is 1. The predicted octanol–water partition coefficient (Wildman–Crippen LogP) is 1.71. The minimum absolute atomic E-state index is 0.417. The summed E-state index contributed by atoms with van der Waals surface area (Å²) in [4.78, 5) is 13.1. The van der Waals surface area contributed by atoms with Crippen molar-refractivity contribution in [3.05, 3.63) is 54.2 Å². The van der Waals surface area contributed by atoms with E-state index in [1.807, 2.05) is 36.4 Å². The van der Waals surface area contributed by atoms with E-state index in [1.165, 1.54) is 6.33 Å². The van der Waals surface area contributed by atoms with Crippen LogP contribution in [-0.2, 0) is 17.8 Å². The molecule has 0 amide bonds. The molecule has 0 bridgehead atoms. The largest absolute Gasteiger partial charge is 0.378 e. The van der Waals surface area contributed by atoms with Gasteiger partial charge in [-0.15, -0.1) is 0 Å². The molecule has 26 heavy (non-hydrogen) atoms. The van der Waals surface area contributed by atoms with Crippen molar-refractivity contribution in [2.24, 2.45) is 0 Å². The smallest absolute Gasteiger partial charge is 0.254 e. The maximum Gasteiger partial charge on any atom is 0.254 e. The third kappa shape index (κ3) is 3.38. The molecule has 3 heterocycles. The number of benzene rings is 1. The molecular formula is C17H18N8O. The van der Waals surface area contributed by atoms with Crippen molar-refractivity contribution in [1.29, 1.82) is 0 Å². The Morgan fingerprint density at radius 1 is 1.19 bits per heavy atom. The zero-order valence-electron chi connectivity index (χ0n) is 14.3. The average molecular weight is 350 g/mol. The average Bonchev–Trinajstić information content (AvgIpc) is 3.32. The van der Waals surface area contributed by atoms with Gasteiger partial charge in [0.1, 0.15) is 18.0 Å². The molecule has 0 spiro atoms. The van der Waals surface area contributed by atoms with E-state index in [9.17, 15) is 0 Å². The minimum atomic E-state index is 0.417. The lowest BCUT2D eigenvalue weighted by Crippen LogP contribution is -2.11. The Hall–Kier alpha value is -3.33. The van der Waals surface area contributed by atoms with E-state index < -0.39 is 0 Å². The summed E-state index contributed by atoms with van der Waals surface area (Å²) in [5.41, 5.74) is 1.78. The second kappa shape index (κ2) is 7.28. The molecule has 0 saturated carbocycles. The second-order valence-electron chi connectivity index (χ2n) is 5.69. The lowest BCUT2D eigenvalue weighted by Gasteiger charge is -2.08. The number of hydrogen-bond donors (Lipinski definition) is 2. The van der Waals surface area contributed by atoms with Crippen molar-refractivity contribution in [3.63, 3.8) is 0 Å². The van der Waals surface area contributed by atoms with Crippen LogP contribution in [0.5, 0.6) is 0 Å². The van der Waals surface area contributed by atoms with Gasteiger partial charge in [0.2, 0.25) is 0 Å². The van der Waals surface area contributed by atoms with Crippen LogP contribution in [0.1, 0.15) is 11.5 Å². The molecule has 9 nitrogen and oxygen atoms in total. The zero-order valence-corrected chi connectivity index (χ0v) is 14.3. The Kier molecular flexibility index (Phi) is 4.52. The molecule has 9 heteroatoms. The van der Waals surface area contributed by atoms with Crippen LogP contribution >= 0.6 is 0 Å². The number of nitrogens with one attached hydrogen (secondary N) is 2. The molecule has 0 aliphatic rings. The summed E-state index contributed by atoms with van der Waals surface area (Å²) in [6, 6.07) is 11.8. The van der Waals surface area contributed by atoms with Crippen molar-refractivity contribution < 1.29 is 4.74 Å². The molecule has 2 N–H and O–H groups in total. The molecule has 3 aromatic heterocycles. The first-order valence-electron chi connectivity index (χ1n) is 8.22. The third-order valence-corrected chi connectivity index (χ3v) is 3.83. The fourth-order valence-corrected chi connectivity index (χ4v) is 2.64. The van der Waals surface area contributed by atoms with E-state index in [0.717, 1.165) is 22.9 Å². The monoisotopic (exact) mass is 350 g/mol. The first kappa shape index (κ1) is 16.2. The van der Waals surface area contributed by atoms with Crippen LogP contribution < -0.4 is 5.32 Å². The van der Waals surface area contributed by atoms with Crippen LogP contribution in [-0.4, -0.2) is 48.4 Å². The maximum atomic E-state index is 5.16. The van der Waals surface area contributed by atoms with Gasteiger partial charge in [-0.3, -0.25) is 5.10 Å². The highest BCUT2D eigenvalue weighted by molar-refractivity contribution is 5.53. The maximum absolute atomic E-state index is 5.16. The normalized spacial score (nSPS) is 11.1. The number of methoxy groups -OCH3 is 1. The van der Waals surface area contributed by atoms with Gasteiger partial charge < -0.3 is 10.1 Å². The van der Waals surface area contributed by atoms with Gasteiger partial charge in [-0.1, -0.05) is 30.3 Å². The number of H-pyrrole nitrogens is 1. The van der Waals surface area contributed by atoms with E-state index in [1.54, 1.807) is 11.6 Å². The van der Waals surface area contributed by atoms with Crippen molar-refractivity contribution in [3.8, 4) is 11.4 Å². The summed E-state index contributed by atoms with van der Waals surface area (Å²) in [7, 11) is 1.64. The molecule has 4 rings (SSSR count). The number of fused-ring (bicyclic) bond motifs is 1. The lowest BCUT2D eigenvalue weighted by atomic mass is 10.2. The Morgan fingerprint density at radius 2 is 2.08 bits per heavy atom. The Morgan fingerprint density at radius 3 is 2.92 bits per heavy atom. The van der Waals surface area contributed by atoms with Crippen LogP contribution in [0, 0.1) is 0 Å². The van der Waals surface area contributed by atoms with Crippen LogP contribution in [0.3, 0.4) is 0 Å². The first-order chi connectivity index (χ1) is 12.8. The van der Waals surface area contributed by atoms with E-state index >= 15 is 0 Å². The lowest BCUT2D eigenvalue weighted by molar-refractivity contribution is 0.181. The number of anilines is 1. The van der Waals surface area contributed by atoms with Crippen LogP contribution in [0.25, 0.3) is 17.2 Å². The molecule has 0 radical (unpaired) electrons. The highest BCUT2D eigenvalue weighted by atomic mass is 16.5. The number of rotatable bonds is 7. The third-order valence-electron chi connectivity index (χ3n) is 3.83. The molecule has 0 unspecified atom stereocenters. The molecule has 0 atom stereocenters. The topological polar surface area (TPSA) is 106 Å². The molecule has 0 saturated heterocycles. The molecule has 0 aliphatic heterocycles. The fraction of sp³-hybridized carbons (Fsp3) is 0.235. The van der Waals surface area contributed by atoms with Crippen molar-refractivity contribution in [2.45, 2.75) is 13.0 Å². The predicted molar refractivity (Wildman–Crippen MR) is 95.5 cm³/mol. The number of ether oxygens (including phenoxy) is 1. The molecule has 0 aliphatic carbocycles. The van der Waals surface area contributed by atoms with Crippen molar-refractivity contribution in [1.82, 2.24) is 34.8 Å². The Labute approximate surface area is 149 Å². The van der Waals surface area contributed by atoms with Gasteiger partial charge in [0, 0.05) is 31.7 Å². The van der Waals surface area contributed by atoms with E-state index in [2.05, 4.69) is 35.6 Å². The van der Waals surface area contributed by atoms with Gasteiger partial charge in [-0.05, 0) is 0 Å². The van der Waals surface area contributed by atoms with Gasteiger partial charge in [-0.25, -0.2) is 9.97 Å². The van der Waals surface area contributed by atoms with Crippen molar-refractivity contribution in [2.75, 3.05) is 19.0 Å². The summed E-state index contributed by atoms with van der Waals surface area (Å²) in [5, 5.41) is 14.8. The van der Waals surface area contributed by atoms with Gasteiger partial charge in [-0.2, -0.15) is 19.7 Å². The van der Waals surface area contributed by atoms with Gasteiger partial charge in [0.15, 0.2) is 5.82 Å². The van der Waals surface area contributed by atoms with Crippen LogP contribution in [0.2, 0.25) is 0 Å². The highest BCUT2D eigenvalue weighted by Gasteiger charge is 2.09. The number of nitrogens with zero attached hydrogens (tertiary/aromatic N) is 6. The summed E-state index contributed by atoms with van der Waals surface area (Å²) in [6.07, 6.45) is 2.17. The van der Waals surface area contributed by atoms with Gasteiger partial charge in [0.25, 0.3) is 5.78 Å². The van der Waals surface area contributed by atoms with Gasteiger partial charge >= 0.3 is 0 Å². The second-order valence-corrected chi connectivity index (χ2v) is 5.69. The number of hydrogen-bond acceptors (Lipinski definition) is 7. The fourth-order valence-electron chi connectivity index (χ4n) is 2.64. The van der Waals surface area contributed by atoms with Crippen molar-refractivity contribution >= 4 is 11.6 Å². The van der Waals surface area contributed by atoms with Crippen LogP contribution in [0.15, 0.2) is 42.7 Å². The standard InChI is InChI=1S/C17H18N8O/c1-26-10-13-9-15(25-17(21-13)19-11-20-25)18-8-7-14-22-16(24-23-14)12-5-3-2-4-6-12/h2-6,9,11,18H,7-8,10H2,1H3,(H,22,23,24). The Bertz CT molecular complexity index is 994. The number of aromatic nitrogens is 7. The minimum Gasteiger partial charge on any atom is -0.378 e. The molecule has 132 valence electrons. The highest BCUT2D eigenvalue weighted by Crippen LogP contribution is 2.14. The van der Waals surface area contributed by atoms with E-state index in [-0.39, 0.29) is 0 Å². The van der Waals surface area contributed by atoms with E-state index in [4.69, 9.17) is 4.74 Å². The summed E-state index contributed by atoms with van der Waals surface area (Å²) < 4.78 is 6.82. The SMILES string of the molecule is COCc1cc(NCCc2nc(-c3ccccc3)n[nH]2)n2ncnc2n1. The zero-order chi connectivity index (χ0) is 17.8.